The quantitative estimate of drug-likeness (QED) is 0.869. The topological polar surface area (TPSA) is 41.5 Å². The van der Waals surface area contributed by atoms with E-state index in [4.69, 9.17) is 4.74 Å². The molecule has 1 aromatic carbocycles. The summed E-state index contributed by atoms with van der Waals surface area (Å²) in [5.41, 5.74) is 2.85. The third-order valence-corrected chi connectivity index (χ3v) is 4.11. The molecule has 0 saturated carbocycles. The standard InChI is InChI=1S/C17H27NO2/c1-17(2,3)16(8-10-19)18-12-15-14-7-5-4-6-13(14)9-11-20-15/h4-7,15-16,18-19H,8-12H2,1-3H3. The van der Waals surface area contributed by atoms with Gasteiger partial charge < -0.3 is 15.2 Å². The second-order valence-corrected chi connectivity index (χ2v) is 6.65. The number of hydrogen-bond donors (Lipinski definition) is 2. The summed E-state index contributed by atoms with van der Waals surface area (Å²) in [6.07, 6.45) is 1.91. The second-order valence-electron chi connectivity index (χ2n) is 6.65. The summed E-state index contributed by atoms with van der Waals surface area (Å²) >= 11 is 0. The van der Waals surface area contributed by atoms with Crippen molar-refractivity contribution in [2.45, 2.75) is 45.8 Å². The number of hydrogen-bond acceptors (Lipinski definition) is 3. The molecule has 3 heteroatoms. The van der Waals surface area contributed by atoms with Crippen molar-refractivity contribution >= 4 is 0 Å². The van der Waals surface area contributed by atoms with Crippen molar-refractivity contribution in [3.8, 4) is 0 Å². The van der Waals surface area contributed by atoms with Gasteiger partial charge in [0.2, 0.25) is 0 Å². The van der Waals surface area contributed by atoms with Gasteiger partial charge in [0.05, 0.1) is 12.7 Å². The molecule has 1 heterocycles. The van der Waals surface area contributed by atoms with Crippen LogP contribution in [0.15, 0.2) is 24.3 Å². The van der Waals surface area contributed by atoms with Crippen molar-refractivity contribution in [3.05, 3.63) is 35.4 Å². The number of ether oxygens (including phenoxy) is 1. The van der Waals surface area contributed by atoms with Crippen LogP contribution in [0, 0.1) is 5.41 Å². The maximum absolute atomic E-state index is 9.22. The van der Waals surface area contributed by atoms with E-state index in [0.717, 1.165) is 26.0 Å². The Morgan fingerprint density at radius 1 is 1.35 bits per heavy atom. The maximum Gasteiger partial charge on any atom is 0.0952 e. The van der Waals surface area contributed by atoms with E-state index in [9.17, 15) is 5.11 Å². The molecule has 20 heavy (non-hydrogen) atoms. The summed E-state index contributed by atoms with van der Waals surface area (Å²) in [4.78, 5) is 0. The van der Waals surface area contributed by atoms with Gasteiger partial charge in [-0.2, -0.15) is 0 Å². The van der Waals surface area contributed by atoms with Crippen LogP contribution >= 0.6 is 0 Å². The SMILES string of the molecule is CC(C)(C)C(CCO)NCC1OCCc2ccccc21. The van der Waals surface area contributed by atoms with Crippen LogP contribution in [0.2, 0.25) is 0 Å². The van der Waals surface area contributed by atoms with Gasteiger partial charge in [-0.25, -0.2) is 0 Å². The molecule has 0 spiro atoms. The summed E-state index contributed by atoms with van der Waals surface area (Å²) in [6.45, 7) is 8.43. The van der Waals surface area contributed by atoms with Gasteiger partial charge in [-0.05, 0) is 29.4 Å². The molecule has 3 nitrogen and oxygen atoms in total. The lowest BCUT2D eigenvalue weighted by Crippen LogP contribution is -2.43. The lowest BCUT2D eigenvalue weighted by Gasteiger charge is -2.34. The van der Waals surface area contributed by atoms with Crippen LogP contribution in [0.4, 0.5) is 0 Å². The average molecular weight is 277 g/mol. The summed E-state index contributed by atoms with van der Waals surface area (Å²) in [6, 6.07) is 8.83. The van der Waals surface area contributed by atoms with Gasteiger partial charge in [-0.1, -0.05) is 45.0 Å². The molecule has 0 aromatic heterocycles. The van der Waals surface area contributed by atoms with Crippen molar-refractivity contribution < 1.29 is 9.84 Å². The van der Waals surface area contributed by atoms with E-state index in [0.29, 0.717) is 6.04 Å². The van der Waals surface area contributed by atoms with Crippen molar-refractivity contribution in [2.75, 3.05) is 19.8 Å². The second kappa shape index (κ2) is 6.70. The highest BCUT2D eigenvalue weighted by molar-refractivity contribution is 5.31. The molecule has 0 amide bonds. The number of benzene rings is 1. The third kappa shape index (κ3) is 3.81. The predicted molar refractivity (Wildman–Crippen MR) is 81.8 cm³/mol. The van der Waals surface area contributed by atoms with E-state index >= 15 is 0 Å². The van der Waals surface area contributed by atoms with Gasteiger partial charge in [-0.15, -0.1) is 0 Å². The third-order valence-electron chi connectivity index (χ3n) is 4.11. The highest BCUT2D eigenvalue weighted by Gasteiger charge is 2.26. The molecule has 2 atom stereocenters. The number of nitrogens with one attached hydrogen (secondary N) is 1. The zero-order chi connectivity index (χ0) is 14.6. The molecule has 2 N–H and O–H groups in total. The van der Waals surface area contributed by atoms with E-state index in [1.165, 1.54) is 11.1 Å². The van der Waals surface area contributed by atoms with Crippen molar-refractivity contribution in [3.63, 3.8) is 0 Å². The number of fused-ring (bicyclic) bond motifs is 1. The number of rotatable bonds is 5. The lowest BCUT2D eigenvalue weighted by molar-refractivity contribution is 0.0361. The fourth-order valence-corrected chi connectivity index (χ4v) is 2.87. The first kappa shape index (κ1) is 15.5. The van der Waals surface area contributed by atoms with Crippen molar-refractivity contribution in [1.82, 2.24) is 5.32 Å². The van der Waals surface area contributed by atoms with E-state index in [2.05, 4.69) is 50.4 Å². The van der Waals surface area contributed by atoms with E-state index in [1.54, 1.807) is 0 Å². The lowest BCUT2D eigenvalue weighted by atomic mass is 9.84. The maximum atomic E-state index is 9.22. The highest BCUT2D eigenvalue weighted by Crippen LogP contribution is 2.28. The van der Waals surface area contributed by atoms with Gasteiger partial charge in [0.25, 0.3) is 0 Å². The molecule has 0 radical (unpaired) electrons. The summed E-state index contributed by atoms with van der Waals surface area (Å²) < 4.78 is 5.92. The molecule has 2 unspecified atom stereocenters. The van der Waals surface area contributed by atoms with Crippen molar-refractivity contribution in [2.24, 2.45) is 5.41 Å². The van der Waals surface area contributed by atoms with Gasteiger partial charge in [0.15, 0.2) is 0 Å². The van der Waals surface area contributed by atoms with E-state index in [-0.39, 0.29) is 18.1 Å². The van der Waals surface area contributed by atoms with Crippen molar-refractivity contribution in [1.29, 1.82) is 0 Å². The van der Waals surface area contributed by atoms with Crippen LogP contribution in [0.1, 0.15) is 44.4 Å². The van der Waals surface area contributed by atoms with Gasteiger partial charge in [0, 0.05) is 19.2 Å². The monoisotopic (exact) mass is 277 g/mol. The molecule has 1 aliphatic heterocycles. The Bertz CT molecular complexity index is 425. The first-order chi connectivity index (χ1) is 9.52. The van der Waals surface area contributed by atoms with Crippen LogP contribution in [0.3, 0.4) is 0 Å². The number of aliphatic hydroxyl groups excluding tert-OH is 1. The van der Waals surface area contributed by atoms with Gasteiger partial charge >= 0.3 is 0 Å². The predicted octanol–water partition coefficient (Wildman–Crippen LogP) is 2.69. The Kier molecular flexibility index (Phi) is 5.19. The Balaban J connectivity index is 2.00. The Morgan fingerprint density at radius 3 is 2.80 bits per heavy atom. The minimum atomic E-state index is 0.128. The Morgan fingerprint density at radius 2 is 2.10 bits per heavy atom. The molecular formula is C17H27NO2. The van der Waals surface area contributed by atoms with E-state index in [1.807, 2.05) is 0 Å². The Hall–Kier alpha value is -0.900. The first-order valence-corrected chi connectivity index (χ1v) is 7.56. The first-order valence-electron chi connectivity index (χ1n) is 7.56. The number of aliphatic hydroxyl groups is 1. The molecular weight excluding hydrogens is 250 g/mol. The van der Waals surface area contributed by atoms with Gasteiger partial charge in [-0.3, -0.25) is 0 Å². The fourth-order valence-electron chi connectivity index (χ4n) is 2.87. The van der Waals surface area contributed by atoms with Crippen LogP contribution in [-0.2, 0) is 11.2 Å². The molecule has 2 rings (SSSR count). The molecule has 1 aromatic rings. The Labute approximate surface area is 122 Å². The fraction of sp³-hybridized carbons (Fsp3) is 0.647. The molecule has 0 saturated heterocycles. The van der Waals surface area contributed by atoms with Crippen LogP contribution in [0.25, 0.3) is 0 Å². The summed E-state index contributed by atoms with van der Waals surface area (Å²) in [5, 5.41) is 12.8. The van der Waals surface area contributed by atoms with Crippen LogP contribution in [-0.4, -0.2) is 30.9 Å². The normalized spacial score (nSPS) is 20.5. The molecule has 112 valence electrons. The average Bonchev–Trinajstić information content (AvgIpc) is 2.42. The summed E-state index contributed by atoms with van der Waals surface area (Å²) in [7, 11) is 0. The van der Waals surface area contributed by atoms with E-state index < -0.39 is 0 Å². The molecule has 0 fully saturated rings. The van der Waals surface area contributed by atoms with Crippen LogP contribution < -0.4 is 5.32 Å². The molecule has 1 aliphatic rings. The largest absolute Gasteiger partial charge is 0.396 e. The minimum absolute atomic E-state index is 0.128. The molecule has 0 aliphatic carbocycles. The summed E-state index contributed by atoms with van der Waals surface area (Å²) in [5.74, 6) is 0. The highest BCUT2D eigenvalue weighted by atomic mass is 16.5. The zero-order valence-electron chi connectivity index (χ0n) is 12.9. The minimum Gasteiger partial charge on any atom is -0.396 e. The smallest absolute Gasteiger partial charge is 0.0952 e. The van der Waals surface area contributed by atoms with Gasteiger partial charge in [0.1, 0.15) is 0 Å². The van der Waals surface area contributed by atoms with Crippen LogP contribution in [0.5, 0.6) is 0 Å². The zero-order valence-corrected chi connectivity index (χ0v) is 12.9. The molecule has 0 bridgehead atoms.